The van der Waals surface area contributed by atoms with Crippen LogP contribution in [0.4, 0.5) is 10.1 Å². The molecule has 34 heavy (non-hydrogen) atoms. The number of carbonyl (C=O) groups is 1. The smallest absolute Gasteiger partial charge is 0.266 e. The summed E-state index contributed by atoms with van der Waals surface area (Å²) in [6.45, 7) is 2.14. The first kappa shape index (κ1) is 23.2. The Morgan fingerprint density at radius 3 is 2.50 bits per heavy atom. The first-order valence-corrected chi connectivity index (χ1v) is 11.6. The fourth-order valence-corrected chi connectivity index (χ4v) is 4.40. The van der Waals surface area contributed by atoms with Crippen LogP contribution in [0.15, 0.2) is 82.7 Å². The third kappa shape index (κ3) is 5.00. The van der Waals surface area contributed by atoms with Gasteiger partial charge in [-0.2, -0.15) is 5.26 Å². The summed E-state index contributed by atoms with van der Waals surface area (Å²) >= 11 is 1.15. The second-order valence-electron chi connectivity index (χ2n) is 7.61. The zero-order chi connectivity index (χ0) is 24.1. The summed E-state index contributed by atoms with van der Waals surface area (Å²) < 4.78 is 14.9. The highest BCUT2D eigenvalue weighted by Gasteiger charge is 2.19. The van der Waals surface area contributed by atoms with Crippen LogP contribution in [-0.2, 0) is 4.79 Å². The van der Waals surface area contributed by atoms with Crippen molar-refractivity contribution in [2.45, 2.75) is 18.5 Å². The van der Waals surface area contributed by atoms with Gasteiger partial charge in [0.05, 0.1) is 34.8 Å². The van der Waals surface area contributed by atoms with Gasteiger partial charge in [0, 0.05) is 12.2 Å². The molecule has 170 valence electrons. The van der Waals surface area contributed by atoms with Crippen molar-refractivity contribution in [3.8, 4) is 11.8 Å². The number of amides is 1. The summed E-state index contributed by atoms with van der Waals surface area (Å²) in [6.07, 6.45) is 0.135. The number of aryl methyl sites for hydroxylation is 1. The Morgan fingerprint density at radius 2 is 1.79 bits per heavy atom. The molecule has 4 rings (SSSR count). The van der Waals surface area contributed by atoms with Gasteiger partial charge >= 0.3 is 0 Å². The molecule has 1 amide bonds. The molecule has 0 unspecified atom stereocenters. The van der Waals surface area contributed by atoms with Crippen LogP contribution >= 0.6 is 11.8 Å². The lowest BCUT2D eigenvalue weighted by Crippen LogP contribution is -2.33. The molecule has 1 heterocycles. The molecule has 0 spiro atoms. The van der Waals surface area contributed by atoms with Crippen LogP contribution in [0.3, 0.4) is 0 Å². The number of halogens is 1. The number of benzene rings is 3. The van der Waals surface area contributed by atoms with Crippen molar-refractivity contribution < 1.29 is 9.18 Å². The van der Waals surface area contributed by atoms with E-state index in [0.29, 0.717) is 27.4 Å². The van der Waals surface area contributed by atoms with Gasteiger partial charge in [-0.15, -0.1) is 0 Å². The van der Waals surface area contributed by atoms with Crippen LogP contribution < -0.4 is 10.5 Å². The first-order chi connectivity index (χ1) is 16.5. The van der Waals surface area contributed by atoms with E-state index in [2.05, 4.69) is 4.98 Å². The van der Waals surface area contributed by atoms with E-state index in [9.17, 15) is 14.0 Å². The lowest BCUT2D eigenvalue weighted by Gasteiger charge is -2.22. The summed E-state index contributed by atoms with van der Waals surface area (Å²) in [4.78, 5) is 32.6. The van der Waals surface area contributed by atoms with E-state index in [1.54, 1.807) is 18.2 Å². The number of anilines is 1. The van der Waals surface area contributed by atoms with Gasteiger partial charge in [0.2, 0.25) is 5.91 Å². The lowest BCUT2D eigenvalue weighted by molar-refractivity contribution is -0.116. The Labute approximate surface area is 200 Å². The van der Waals surface area contributed by atoms with E-state index < -0.39 is 5.82 Å². The number of para-hydroxylation sites is 1. The zero-order valence-electron chi connectivity index (χ0n) is 18.4. The van der Waals surface area contributed by atoms with Gasteiger partial charge in [-0.25, -0.2) is 9.37 Å². The van der Waals surface area contributed by atoms with Gasteiger partial charge in [0.1, 0.15) is 5.82 Å². The summed E-state index contributed by atoms with van der Waals surface area (Å²) in [5.41, 5.74) is 2.55. The van der Waals surface area contributed by atoms with Gasteiger partial charge in [-0.3, -0.25) is 14.2 Å². The van der Waals surface area contributed by atoms with Crippen molar-refractivity contribution in [3.05, 3.63) is 94.5 Å². The van der Waals surface area contributed by atoms with Crippen molar-refractivity contribution >= 4 is 34.3 Å². The monoisotopic (exact) mass is 472 g/mol. The number of aromatic nitrogens is 2. The fourth-order valence-electron chi connectivity index (χ4n) is 3.52. The van der Waals surface area contributed by atoms with Gasteiger partial charge in [0.25, 0.3) is 5.56 Å². The average Bonchev–Trinajstić information content (AvgIpc) is 2.85. The van der Waals surface area contributed by atoms with Crippen LogP contribution in [-0.4, -0.2) is 27.8 Å². The summed E-state index contributed by atoms with van der Waals surface area (Å²) in [5.74, 6) is -0.697. The number of thioether (sulfide) groups is 1. The van der Waals surface area contributed by atoms with Crippen molar-refractivity contribution in [2.24, 2.45) is 0 Å². The van der Waals surface area contributed by atoms with Gasteiger partial charge < -0.3 is 4.90 Å². The van der Waals surface area contributed by atoms with Crippen LogP contribution in [0.25, 0.3) is 16.6 Å². The Morgan fingerprint density at radius 1 is 1.09 bits per heavy atom. The summed E-state index contributed by atoms with van der Waals surface area (Å²) in [7, 11) is 0. The zero-order valence-corrected chi connectivity index (χ0v) is 19.3. The van der Waals surface area contributed by atoms with E-state index in [4.69, 9.17) is 5.26 Å². The topological polar surface area (TPSA) is 79.0 Å². The Balaban J connectivity index is 1.69. The quantitative estimate of drug-likeness (QED) is 0.283. The molecule has 0 radical (unpaired) electrons. The normalized spacial score (nSPS) is 10.7. The fraction of sp³-hybridized carbons (Fsp3) is 0.154. The molecule has 0 aliphatic carbocycles. The molecule has 0 aliphatic rings. The Bertz CT molecular complexity index is 1430. The van der Waals surface area contributed by atoms with E-state index in [1.165, 1.54) is 33.7 Å². The second-order valence-corrected chi connectivity index (χ2v) is 8.55. The molecule has 1 aromatic heterocycles. The molecule has 0 atom stereocenters. The maximum Gasteiger partial charge on any atom is 0.266 e. The van der Waals surface area contributed by atoms with Gasteiger partial charge in [0.15, 0.2) is 5.16 Å². The predicted octanol–water partition coefficient (Wildman–Crippen LogP) is 4.87. The molecule has 8 heteroatoms. The standard InChI is InChI=1S/C26H21FN4O2S/c1-18-7-11-21(12-8-18)31-25(33)22-5-2-3-6-23(22)29-26(31)34-17-24(32)30(16-4-15-28)20-13-9-19(27)10-14-20/h2-3,5-14H,4,16-17H2,1H3. The van der Waals surface area contributed by atoms with Crippen LogP contribution in [0.1, 0.15) is 12.0 Å². The second kappa shape index (κ2) is 10.3. The molecule has 0 bridgehead atoms. The van der Waals surface area contributed by atoms with E-state index in [-0.39, 0.29) is 30.2 Å². The third-order valence-electron chi connectivity index (χ3n) is 5.25. The summed E-state index contributed by atoms with van der Waals surface area (Å²) in [5, 5.41) is 9.88. The van der Waals surface area contributed by atoms with E-state index >= 15 is 0 Å². The lowest BCUT2D eigenvalue weighted by atomic mass is 10.2. The summed E-state index contributed by atoms with van der Waals surface area (Å²) in [6, 6.07) is 22.2. The van der Waals surface area contributed by atoms with Gasteiger partial charge in [-0.05, 0) is 55.5 Å². The number of hydrogen-bond acceptors (Lipinski definition) is 5. The minimum atomic E-state index is -0.409. The number of carbonyl (C=O) groups excluding carboxylic acids is 1. The highest BCUT2D eigenvalue weighted by Crippen LogP contribution is 2.24. The average molecular weight is 473 g/mol. The Kier molecular flexibility index (Phi) is 7.04. The number of fused-ring (bicyclic) bond motifs is 1. The molecule has 0 aliphatic heterocycles. The van der Waals surface area contributed by atoms with Crippen molar-refractivity contribution in [1.29, 1.82) is 5.26 Å². The maximum absolute atomic E-state index is 13.4. The van der Waals surface area contributed by atoms with E-state index in [1.807, 2.05) is 43.3 Å². The molecular formula is C26H21FN4O2S. The number of rotatable bonds is 7. The number of nitriles is 1. The molecule has 6 nitrogen and oxygen atoms in total. The molecule has 0 saturated heterocycles. The minimum absolute atomic E-state index is 0.0144. The number of nitrogens with zero attached hydrogens (tertiary/aromatic N) is 4. The minimum Gasteiger partial charge on any atom is -0.311 e. The molecule has 0 saturated carbocycles. The molecule has 3 aromatic carbocycles. The maximum atomic E-state index is 13.4. The molecule has 0 fully saturated rings. The largest absolute Gasteiger partial charge is 0.311 e. The predicted molar refractivity (Wildman–Crippen MR) is 132 cm³/mol. The molecule has 0 N–H and O–H groups in total. The third-order valence-corrected chi connectivity index (χ3v) is 6.17. The van der Waals surface area contributed by atoms with Crippen LogP contribution in [0, 0.1) is 24.1 Å². The SMILES string of the molecule is Cc1ccc(-n2c(SCC(=O)N(CCC#N)c3ccc(F)cc3)nc3ccccc3c2=O)cc1. The highest BCUT2D eigenvalue weighted by molar-refractivity contribution is 7.99. The van der Waals surface area contributed by atoms with Crippen molar-refractivity contribution in [3.63, 3.8) is 0 Å². The van der Waals surface area contributed by atoms with Crippen LogP contribution in [0.2, 0.25) is 0 Å². The van der Waals surface area contributed by atoms with Gasteiger partial charge in [-0.1, -0.05) is 41.6 Å². The number of hydrogen-bond donors (Lipinski definition) is 0. The molecule has 4 aromatic rings. The van der Waals surface area contributed by atoms with Crippen molar-refractivity contribution in [1.82, 2.24) is 9.55 Å². The molecular weight excluding hydrogens is 451 g/mol. The van der Waals surface area contributed by atoms with E-state index in [0.717, 1.165) is 17.3 Å². The van der Waals surface area contributed by atoms with Crippen LogP contribution in [0.5, 0.6) is 0 Å². The first-order valence-electron chi connectivity index (χ1n) is 10.6. The highest BCUT2D eigenvalue weighted by atomic mass is 32.2. The Hall–Kier alpha value is -3.96. The van der Waals surface area contributed by atoms with Crippen molar-refractivity contribution in [2.75, 3.05) is 17.2 Å².